The minimum Gasteiger partial charge on any atom is -0.372 e. The first-order chi connectivity index (χ1) is 6.33. The highest BCUT2D eigenvalue weighted by atomic mass is 32.1. The van der Waals surface area contributed by atoms with Crippen LogP contribution in [-0.4, -0.2) is 24.1 Å². The molecule has 1 rings (SSSR count). The molecule has 13 heavy (non-hydrogen) atoms. The minimum atomic E-state index is -0.1000. The first kappa shape index (κ1) is 10.1. The van der Waals surface area contributed by atoms with Crippen LogP contribution in [0.4, 0.5) is 0 Å². The smallest absolute Gasteiger partial charge is 0.246 e. The average Bonchev–Trinajstić information content (AvgIpc) is 2.64. The van der Waals surface area contributed by atoms with E-state index >= 15 is 0 Å². The molecule has 1 aromatic heterocycles. The number of ether oxygens (including phenoxy) is 1. The molecule has 1 heterocycles. The van der Waals surface area contributed by atoms with Crippen LogP contribution in [0.2, 0.25) is 0 Å². The van der Waals surface area contributed by atoms with Crippen LogP contribution in [0.15, 0.2) is 11.6 Å². The van der Waals surface area contributed by atoms with Crippen molar-refractivity contribution in [3.05, 3.63) is 16.6 Å². The molecule has 0 atom stereocenters. The zero-order chi connectivity index (χ0) is 9.52. The van der Waals surface area contributed by atoms with Crippen molar-refractivity contribution in [1.82, 2.24) is 10.3 Å². The van der Waals surface area contributed by atoms with Crippen molar-refractivity contribution < 1.29 is 9.53 Å². The molecule has 0 aliphatic heterocycles. The van der Waals surface area contributed by atoms with Crippen LogP contribution >= 0.6 is 11.3 Å². The molecule has 0 spiro atoms. The molecule has 0 aromatic carbocycles. The highest BCUT2D eigenvalue weighted by Gasteiger charge is 2.01. The molecule has 0 fully saturated rings. The van der Waals surface area contributed by atoms with Gasteiger partial charge in [-0.25, -0.2) is 4.98 Å². The monoisotopic (exact) mass is 200 g/mol. The maximum Gasteiger partial charge on any atom is 0.246 e. The lowest BCUT2D eigenvalue weighted by Gasteiger charge is -2.02. The van der Waals surface area contributed by atoms with Crippen molar-refractivity contribution in [1.29, 1.82) is 0 Å². The van der Waals surface area contributed by atoms with Gasteiger partial charge in [-0.2, -0.15) is 0 Å². The Morgan fingerprint density at radius 1 is 1.77 bits per heavy atom. The van der Waals surface area contributed by atoms with Gasteiger partial charge >= 0.3 is 0 Å². The van der Waals surface area contributed by atoms with E-state index in [0.717, 1.165) is 5.01 Å². The van der Waals surface area contributed by atoms with Gasteiger partial charge in [0.05, 0.1) is 6.54 Å². The normalized spacial score (nSPS) is 9.92. The number of aromatic nitrogens is 1. The van der Waals surface area contributed by atoms with E-state index < -0.39 is 0 Å². The number of nitrogens with one attached hydrogen (secondary N) is 1. The number of carbonyl (C=O) groups excluding carboxylic acids is 1. The quantitative estimate of drug-likeness (QED) is 0.764. The maximum absolute atomic E-state index is 11.0. The topological polar surface area (TPSA) is 51.2 Å². The number of carbonyl (C=O) groups is 1. The molecule has 4 nitrogen and oxygen atoms in total. The highest BCUT2D eigenvalue weighted by molar-refractivity contribution is 7.09. The van der Waals surface area contributed by atoms with Gasteiger partial charge in [0.2, 0.25) is 5.91 Å². The van der Waals surface area contributed by atoms with Crippen molar-refractivity contribution >= 4 is 17.2 Å². The summed E-state index contributed by atoms with van der Waals surface area (Å²) < 4.78 is 4.94. The molecule has 0 aliphatic carbocycles. The lowest BCUT2D eigenvalue weighted by atomic mass is 10.6. The van der Waals surface area contributed by atoms with E-state index in [2.05, 4.69) is 10.3 Å². The van der Waals surface area contributed by atoms with E-state index in [1.54, 1.807) is 6.20 Å². The van der Waals surface area contributed by atoms with E-state index in [1.807, 2.05) is 12.3 Å². The molecule has 0 saturated heterocycles. The first-order valence-electron chi connectivity index (χ1n) is 4.05. The Morgan fingerprint density at radius 2 is 2.62 bits per heavy atom. The van der Waals surface area contributed by atoms with Crippen molar-refractivity contribution in [3.8, 4) is 0 Å². The fourth-order valence-corrected chi connectivity index (χ4v) is 1.32. The molecule has 0 radical (unpaired) electrons. The van der Waals surface area contributed by atoms with E-state index in [4.69, 9.17) is 4.74 Å². The van der Waals surface area contributed by atoms with E-state index in [0.29, 0.717) is 13.2 Å². The SMILES string of the molecule is CCOCC(=O)NCc1nccs1. The lowest BCUT2D eigenvalue weighted by Crippen LogP contribution is -2.26. The van der Waals surface area contributed by atoms with Crippen LogP contribution in [0.3, 0.4) is 0 Å². The van der Waals surface area contributed by atoms with Gasteiger partial charge in [0.15, 0.2) is 0 Å². The number of nitrogens with zero attached hydrogens (tertiary/aromatic N) is 1. The molecule has 1 aromatic rings. The molecule has 0 aliphatic rings. The number of thiazole rings is 1. The Kier molecular flexibility index (Phi) is 4.42. The predicted octanol–water partition coefficient (Wildman–Crippen LogP) is 0.796. The second kappa shape index (κ2) is 5.66. The Balaban J connectivity index is 2.15. The van der Waals surface area contributed by atoms with Crippen LogP contribution in [-0.2, 0) is 16.1 Å². The summed E-state index contributed by atoms with van der Waals surface area (Å²) in [6.07, 6.45) is 1.72. The van der Waals surface area contributed by atoms with Gasteiger partial charge in [0.25, 0.3) is 0 Å². The average molecular weight is 200 g/mol. The minimum absolute atomic E-state index is 0.1000. The van der Waals surface area contributed by atoms with Crippen molar-refractivity contribution in [2.75, 3.05) is 13.2 Å². The molecule has 1 amide bonds. The molecule has 0 bridgehead atoms. The summed E-state index contributed by atoms with van der Waals surface area (Å²) in [6.45, 7) is 3.03. The van der Waals surface area contributed by atoms with Crippen LogP contribution in [0.25, 0.3) is 0 Å². The summed E-state index contributed by atoms with van der Waals surface area (Å²) in [7, 11) is 0. The fourth-order valence-electron chi connectivity index (χ4n) is 0.760. The van der Waals surface area contributed by atoms with Crippen molar-refractivity contribution in [3.63, 3.8) is 0 Å². The summed E-state index contributed by atoms with van der Waals surface area (Å²) in [6, 6.07) is 0. The second-order valence-corrected chi connectivity index (χ2v) is 3.32. The predicted molar refractivity (Wildman–Crippen MR) is 50.5 cm³/mol. The van der Waals surface area contributed by atoms with Crippen molar-refractivity contribution in [2.24, 2.45) is 0 Å². The number of amides is 1. The Hall–Kier alpha value is -0.940. The van der Waals surface area contributed by atoms with Gasteiger partial charge in [-0.1, -0.05) is 0 Å². The molecular weight excluding hydrogens is 188 g/mol. The Morgan fingerprint density at radius 3 is 3.23 bits per heavy atom. The van der Waals surface area contributed by atoms with Crippen LogP contribution in [0.1, 0.15) is 11.9 Å². The second-order valence-electron chi connectivity index (χ2n) is 2.34. The summed E-state index contributed by atoms with van der Waals surface area (Å²) in [4.78, 5) is 15.1. The lowest BCUT2D eigenvalue weighted by molar-refractivity contribution is -0.125. The van der Waals surface area contributed by atoms with Gasteiger partial charge < -0.3 is 10.1 Å². The van der Waals surface area contributed by atoms with Crippen LogP contribution in [0, 0.1) is 0 Å². The number of hydrogen-bond donors (Lipinski definition) is 1. The summed E-state index contributed by atoms with van der Waals surface area (Å²) >= 11 is 1.52. The fraction of sp³-hybridized carbons (Fsp3) is 0.500. The third-order valence-electron chi connectivity index (χ3n) is 1.36. The molecule has 0 unspecified atom stereocenters. The zero-order valence-electron chi connectivity index (χ0n) is 7.45. The molecule has 72 valence electrons. The summed E-state index contributed by atoms with van der Waals surface area (Å²) in [5.74, 6) is -0.1000. The zero-order valence-corrected chi connectivity index (χ0v) is 8.26. The first-order valence-corrected chi connectivity index (χ1v) is 4.93. The van der Waals surface area contributed by atoms with Crippen molar-refractivity contribution in [2.45, 2.75) is 13.5 Å². The third kappa shape index (κ3) is 4.00. The van der Waals surface area contributed by atoms with E-state index in [1.165, 1.54) is 11.3 Å². The van der Waals surface area contributed by atoms with Gasteiger partial charge in [-0.15, -0.1) is 11.3 Å². The molecule has 0 saturated carbocycles. The number of rotatable bonds is 5. The Labute approximate surface area is 80.9 Å². The molecular formula is C8H12N2O2S. The van der Waals surface area contributed by atoms with Gasteiger partial charge in [-0.3, -0.25) is 4.79 Å². The van der Waals surface area contributed by atoms with Crippen LogP contribution < -0.4 is 5.32 Å². The van der Waals surface area contributed by atoms with Gasteiger partial charge in [0.1, 0.15) is 11.6 Å². The maximum atomic E-state index is 11.0. The van der Waals surface area contributed by atoms with Gasteiger partial charge in [-0.05, 0) is 6.92 Å². The van der Waals surface area contributed by atoms with E-state index in [-0.39, 0.29) is 12.5 Å². The molecule has 5 heteroatoms. The number of hydrogen-bond acceptors (Lipinski definition) is 4. The largest absolute Gasteiger partial charge is 0.372 e. The van der Waals surface area contributed by atoms with E-state index in [9.17, 15) is 4.79 Å². The standard InChI is InChI=1S/C8H12N2O2S/c1-2-12-6-7(11)10-5-8-9-3-4-13-8/h3-4H,2,5-6H2,1H3,(H,10,11). The molecule has 1 N–H and O–H groups in total. The Bertz CT molecular complexity index is 249. The third-order valence-corrected chi connectivity index (χ3v) is 2.14. The summed E-state index contributed by atoms with van der Waals surface area (Å²) in [5, 5.41) is 5.49. The van der Waals surface area contributed by atoms with Crippen LogP contribution in [0.5, 0.6) is 0 Å². The highest BCUT2D eigenvalue weighted by Crippen LogP contribution is 2.02. The summed E-state index contributed by atoms with van der Waals surface area (Å²) in [5.41, 5.74) is 0. The van der Waals surface area contributed by atoms with Gasteiger partial charge in [0, 0.05) is 18.2 Å².